The highest BCUT2D eigenvalue weighted by atomic mass is 19.1. The zero-order chi connectivity index (χ0) is 25.7. The second kappa shape index (κ2) is 7.38. The minimum atomic E-state index is -0.455. The van der Waals surface area contributed by atoms with Crippen LogP contribution in [0, 0.1) is 17.7 Å². The number of rotatable bonds is 1. The number of hydrogen-bond acceptors (Lipinski definition) is 2. The first-order valence-electron chi connectivity index (χ1n) is 12.8. The molecule has 0 aromatic heterocycles. The first kappa shape index (κ1) is 23.1. The first-order valence-corrected chi connectivity index (χ1v) is 12.8. The van der Waals surface area contributed by atoms with Crippen LogP contribution < -0.4 is 4.90 Å². The lowest BCUT2D eigenvalue weighted by molar-refractivity contribution is -0.122. The number of amides is 2. The first-order chi connectivity index (χ1) is 16.9. The van der Waals surface area contributed by atoms with Crippen LogP contribution in [0.25, 0.3) is 0 Å². The van der Waals surface area contributed by atoms with Gasteiger partial charge in [0.1, 0.15) is 5.82 Å². The molecule has 3 nitrogen and oxygen atoms in total. The Kier molecular flexibility index (Phi) is 4.74. The van der Waals surface area contributed by atoms with E-state index in [2.05, 4.69) is 77.9 Å². The van der Waals surface area contributed by atoms with Gasteiger partial charge in [-0.25, -0.2) is 9.29 Å². The maximum absolute atomic E-state index is 14.0. The van der Waals surface area contributed by atoms with Gasteiger partial charge in [-0.2, -0.15) is 0 Å². The summed E-state index contributed by atoms with van der Waals surface area (Å²) in [7, 11) is 0. The van der Waals surface area contributed by atoms with Gasteiger partial charge >= 0.3 is 0 Å². The summed E-state index contributed by atoms with van der Waals surface area (Å²) in [6, 6.07) is 18.9. The van der Waals surface area contributed by atoms with Gasteiger partial charge in [-0.15, -0.1) is 0 Å². The summed E-state index contributed by atoms with van der Waals surface area (Å²) in [4.78, 5) is 29.2. The molecule has 0 N–H and O–H groups in total. The van der Waals surface area contributed by atoms with Crippen molar-refractivity contribution in [1.29, 1.82) is 0 Å². The van der Waals surface area contributed by atoms with E-state index in [1.54, 1.807) is 0 Å². The number of carbonyl (C=O) groups excluding carboxylic acids is 2. The van der Waals surface area contributed by atoms with E-state index in [0.29, 0.717) is 5.69 Å². The maximum Gasteiger partial charge on any atom is 0.238 e. The van der Waals surface area contributed by atoms with E-state index < -0.39 is 11.8 Å². The summed E-state index contributed by atoms with van der Waals surface area (Å²) in [5.41, 5.74) is 7.51. The fourth-order valence-electron chi connectivity index (χ4n) is 6.55. The largest absolute Gasteiger partial charge is 0.274 e. The molecule has 2 amide bonds. The van der Waals surface area contributed by atoms with Crippen molar-refractivity contribution in [1.82, 2.24) is 0 Å². The van der Waals surface area contributed by atoms with Gasteiger partial charge in [0.2, 0.25) is 11.8 Å². The Morgan fingerprint density at radius 2 is 1.03 bits per heavy atom. The van der Waals surface area contributed by atoms with E-state index in [0.717, 1.165) is 11.1 Å². The van der Waals surface area contributed by atoms with E-state index in [9.17, 15) is 14.0 Å². The van der Waals surface area contributed by atoms with Gasteiger partial charge in [0.05, 0.1) is 17.5 Å². The van der Waals surface area contributed by atoms with E-state index in [1.165, 1.54) is 51.4 Å². The lowest BCUT2D eigenvalue weighted by atomic mass is 9.54. The molecule has 4 atom stereocenters. The Hall–Kier alpha value is -3.27. The van der Waals surface area contributed by atoms with Crippen LogP contribution in [-0.2, 0) is 20.4 Å². The molecule has 1 fully saturated rings. The molecule has 36 heavy (non-hydrogen) atoms. The summed E-state index contributed by atoms with van der Waals surface area (Å²) in [5, 5.41) is 0. The van der Waals surface area contributed by atoms with Crippen LogP contribution in [0.3, 0.4) is 0 Å². The standard InChI is InChI=1S/C32H32FNO2/c1-31(2,3)17-7-13-21-23(15-17)25-22-14-8-18(32(4,5)6)16-24(22)26(21)28-27(25)29(35)34(30(28)36)20-11-9-19(33)10-12-20/h7-16,25-28H,1-6H3/t25-,26-,27+,28+/m0/s1. The summed E-state index contributed by atoms with van der Waals surface area (Å²) < 4.78 is 13.6. The van der Waals surface area contributed by atoms with Crippen molar-refractivity contribution in [3.05, 3.63) is 99.9 Å². The van der Waals surface area contributed by atoms with Gasteiger partial charge in [-0.1, -0.05) is 77.9 Å². The second-order valence-corrected chi connectivity index (χ2v) is 12.7. The summed E-state index contributed by atoms with van der Waals surface area (Å²) >= 11 is 0. The minimum absolute atomic E-state index is 0.0281. The highest BCUT2D eigenvalue weighted by Crippen LogP contribution is 2.62. The third-order valence-corrected chi connectivity index (χ3v) is 8.45. The van der Waals surface area contributed by atoms with Gasteiger partial charge < -0.3 is 0 Å². The van der Waals surface area contributed by atoms with Crippen LogP contribution in [0.15, 0.2) is 60.7 Å². The summed E-state index contributed by atoms with van der Waals surface area (Å²) in [6.45, 7) is 13.2. The van der Waals surface area contributed by atoms with Crippen molar-refractivity contribution < 1.29 is 14.0 Å². The molecule has 3 aromatic carbocycles. The molecule has 3 aromatic rings. The average Bonchev–Trinajstić information content (AvgIpc) is 3.08. The van der Waals surface area contributed by atoms with Crippen molar-refractivity contribution in [2.45, 2.75) is 64.2 Å². The third kappa shape index (κ3) is 3.16. The minimum Gasteiger partial charge on any atom is -0.274 e. The molecule has 4 heteroatoms. The zero-order valence-corrected chi connectivity index (χ0v) is 21.7. The van der Waals surface area contributed by atoms with Crippen LogP contribution in [-0.4, -0.2) is 11.8 Å². The Bertz CT molecular complexity index is 1340. The topological polar surface area (TPSA) is 37.4 Å². The molecule has 184 valence electrons. The van der Waals surface area contributed by atoms with E-state index in [4.69, 9.17) is 0 Å². The van der Waals surface area contributed by atoms with Crippen LogP contribution >= 0.6 is 0 Å². The van der Waals surface area contributed by atoms with Gasteiger partial charge in [0.25, 0.3) is 0 Å². The van der Waals surface area contributed by atoms with Gasteiger partial charge in [0, 0.05) is 11.8 Å². The van der Waals surface area contributed by atoms with Gasteiger partial charge in [-0.05, 0) is 68.5 Å². The van der Waals surface area contributed by atoms with Crippen molar-refractivity contribution in [2.75, 3.05) is 4.90 Å². The quantitative estimate of drug-likeness (QED) is 0.358. The molecule has 7 rings (SSSR count). The van der Waals surface area contributed by atoms with Crippen molar-refractivity contribution in [3.63, 3.8) is 0 Å². The molecule has 1 heterocycles. The van der Waals surface area contributed by atoms with Gasteiger partial charge in [-0.3, -0.25) is 9.59 Å². The van der Waals surface area contributed by atoms with Gasteiger partial charge in [0.15, 0.2) is 0 Å². The monoisotopic (exact) mass is 481 g/mol. The molecular weight excluding hydrogens is 449 g/mol. The zero-order valence-electron chi connectivity index (χ0n) is 21.7. The Morgan fingerprint density at radius 1 is 0.611 bits per heavy atom. The average molecular weight is 482 g/mol. The molecule has 2 bridgehead atoms. The second-order valence-electron chi connectivity index (χ2n) is 12.7. The number of carbonyl (C=O) groups is 2. The molecule has 1 saturated heterocycles. The normalized spacial score (nSPS) is 24.6. The lowest BCUT2D eigenvalue weighted by Crippen LogP contribution is -2.42. The molecule has 1 aliphatic heterocycles. The molecule has 0 radical (unpaired) electrons. The van der Waals surface area contributed by atoms with E-state index in [1.807, 2.05) is 0 Å². The number of imide groups is 1. The van der Waals surface area contributed by atoms with Crippen molar-refractivity contribution >= 4 is 17.5 Å². The summed E-state index contributed by atoms with van der Waals surface area (Å²) in [5.74, 6) is -2.01. The number of halogens is 1. The maximum atomic E-state index is 14.0. The van der Waals surface area contributed by atoms with E-state index >= 15 is 0 Å². The molecule has 0 spiro atoms. The lowest BCUT2D eigenvalue weighted by Gasteiger charge is -2.47. The number of hydrogen-bond donors (Lipinski definition) is 0. The predicted molar refractivity (Wildman–Crippen MR) is 140 cm³/mol. The Morgan fingerprint density at radius 3 is 1.42 bits per heavy atom. The van der Waals surface area contributed by atoms with Crippen molar-refractivity contribution in [3.8, 4) is 0 Å². The number of nitrogens with zero attached hydrogens (tertiary/aromatic N) is 1. The summed E-state index contributed by atoms with van der Waals surface area (Å²) in [6.07, 6.45) is 0. The smallest absolute Gasteiger partial charge is 0.238 e. The Labute approximate surface area is 212 Å². The van der Waals surface area contributed by atoms with E-state index in [-0.39, 0.29) is 40.3 Å². The molecule has 0 unspecified atom stereocenters. The number of anilines is 1. The molecule has 0 saturated carbocycles. The highest BCUT2D eigenvalue weighted by molar-refractivity contribution is 6.23. The molecular formula is C32H32FNO2. The molecule has 4 aliphatic rings. The van der Waals surface area contributed by atoms with Crippen LogP contribution in [0.5, 0.6) is 0 Å². The van der Waals surface area contributed by atoms with Crippen LogP contribution in [0.1, 0.15) is 86.8 Å². The van der Waals surface area contributed by atoms with Crippen molar-refractivity contribution in [2.24, 2.45) is 11.8 Å². The number of benzene rings is 3. The fourth-order valence-corrected chi connectivity index (χ4v) is 6.55. The fraction of sp³-hybridized carbons (Fsp3) is 0.375. The SMILES string of the molecule is CC(C)(C)c1ccc2c(c1)[C@@H]1c3ccc(C(C)(C)C)cc3[C@H]2[C@H]2C(=O)N(c3ccc(F)cc3)C(=O)[C@H]12. The Balaban J connectivity index is 1.57. The highest BCUT2D eigenvalue weighted by Gasteiger charge is 2.62. The van der Waals surface area contributed by atoms with Crippen LogP contribution in [0.2, 0.25) is 0 Å². The predicted octanol–water partition coefficient (Wildman–Crippen LogP) is 6.82. The molecule has 3 aliphatic carbocycles. The third-order valence-electron chi connectivity index (χ3n) is 8.45. The van der Waals surface area contributed by atoms with Crippen LogP contribution in [0.4, 0.5) is 10.1 Å².